The summed E-state index contributed by atoms with van der Waals surface area (Å²) in [5.41, 5.74) is 1.29. The molecular formula is C12H20N2. The molecule has 1 unspecified atom stereocenters. The first kappa shape index (κ1) is 11.1. The van der Waals surface area contributed by atoms with Crippen molar-refractivity contribution in [2.24, 2.45) is 5.92 Å². The van der Waals surface area contributed by atoms with Gasteiger partial charge in [-0.2, -0.15) is 0 Å². The second kappa shape index (κ2) is 5.66. The Morgan fingerprint density at radius 2 is 1.93 bits per heavy atom. The minimum Gasteiger partial charge on any atom is -0.374 e. The fourth-order valence-corrected chi connectivity index (χ4v) is 1.67. The van der Waals surface area contributed by atoms with Crippen LogP contribution in [0.25, 0.3) is 0 Å². The first-order valence-electron chi connectivity index (χ1n) is 5.15. The smallest absolute Gasteiger partial charge is 0.0363 e. The van der Waals surface area contributed by atoms with E-state index in [1.54, 1.807) is 0 Å². The van der Waals surface area contributed by atoms with Crippen LogP contribution < -0.4 is 10.2 Å². The average molecular weight is 192 g/mol. The van der Waals surface area contributed by atoms with E-state index < -0.39 is 0 Å². The standard InChI is InChI=1S/C12H20N2/c1-11(9-13-2)10-14(3)12-7-5-4-6-8-12/h4-8,11,13H,9-10H2,1-3H3. The maximum absolute atomic E-state index is 3.20. The molecule has 1 aromatic carbocycles. The van der Waals surface area contributed by atoms with Crippen LogP contribution in [0, 0.1) is 5.92 Å². The quantitative estimate of drug-likeness (QED) is 0.767. The number of rotatable bonds is 5. The Morgan fingerprint density at radius 3 is 2.50 bits per heavy atom. The summed E-state index contributed by atoms with van der Waals surface area (Å²) in [5.74, 6) is 0.671. The molecule has 0 saturated carbocycles. The van der Waals surface area contributed by atoms with Crippen LogP contribution in [0.15, 0.2) is 30.3 Å². The lowest BCUT2D eigenvalue weighted by atomic mass is 10.1. The molecule has 0 spiro atoms. The maximum atomic E-state index is 3.20. The highest BCUT2D eigenvalue weighted by molar-refractivity contribution is 5.44. The van der Waals surface area contributed by atoms with Gasteiger partial charge in [-0.15, -0.1) is 0 Å². The summed E-state index contributed by atoms with van der Waals surface area (Å²) < 4.78 is 0. The van der Waals surface area contributed by atoms with Crippen molar-refractivity contribution in [3.63, 3.8) is 0 Å². The van der Waals surface area contributed by atoms with E-state index in [9.17, 15) is 0 Å². The molecule has 1 rings (SSSR count). The average Bonchev–Trinajstić information content (AvgIpc) is 2.19. The molecule has 0 amide bonds. The minimum absolute atomic E-state index is 0.671. The third-order valence-electron chi connectivity index (χ3n) is 2.34. The van der Waals surface area contributed by atoms with E-state index in [2.05, 4.69) is 48.5 Å². The zero-order valence-electron chi connectivity index (χ0n) is 9.33. The van der Waals surface area contributed by atoms with E-state index in [1.165, 1.54) is 5.69 Å². The van der Waals surface area contributed by atoms with E-state index in [0.29, 0.717) is 5.92 Å². The van der Waals surface area contributed by atoms with Gasteiger partial charge in [-0.05, 0) is 31.6 Å². The number of hydrogen-bond donors (Lipinski definition) is 1. The molecule has 1 N–H and O–H groups in total. The molecule has 2 heteroatoms. The van der Waals surface area contributed by atoms with Crippen molar-refractivity contribution in [3.05, 3.63) is 30.3 Å². The summed E-state index contributed by atoms with van der Waals surface area (Å²) in [5, 5.41) is 3.20. The van der Waals surface area contributed by atoms with Gasteiger partial charge >= 0.3 is 0 Å². The van der Waals surface area contributed by atoms with E-state index >= 15 is 0 Å². The fourth-order valence-electron chi connectivity index (χ4n) is 1.67. The zero-order valence-corrected chi connectivity index (χ0v) is 9.33. The van der Waals surface area contributed by atoms with Gasteiger partial charge in [0, 0.05) is 19.3 Å². The number of para-hydroxylation sites is 1. The second-order valence-electron chi connectivity index (χ2n) is 3.88. The highest BCUT2D eigenvalue weighted by Gasteiger charge is 2.05. The Labute approximate surface area is 86.9 Å². The summed E-state index contributed by atoms with van der Waals surface area (Å²) in [6.07, 6.45) is 0. The van der Waals surface area contributed by atoms with E-state index in [4.69, 9.17) is 0 Å². The summed E-state index contributed by atoms with van der Waals surface area (Å²) in [6, 6.07) is 10.5. The molecule has 14 heavy (non-hydrogen) atoms. The molecule has 2 nitrogen and oxygen atoms in total. The number of nitrogens with one attached hydrogen (secondary N) is 1. The zero-order chi connectivity index (χ0) is 10.4. The van der Waals surface area contributed by atoms with Crippen LogP contribution in [0.3, 0.4) is 0 Å². The summed E-state index contributed by atoms with van der Waals surface area (Å²) in [4.78, 5) is 2.29. The van der Waals surface area contributed by atoms with Gasteiger partial charge < -0.3 is 10.2 Å². The Bertz CT molecular complexity index is 246. The van der Waals surface area contributed by atoms with Gasteiger partial charge in [0.05, 0.1) is 0 Å². The number of hydrogen-bond acceptors (Lipinski definition) is 2. The molecule has 0 saturated heterocycles. The van der Waals surface area contributed by atoms with Gasteiger partial charge in [0.1, 0.15) is 0 Å². The molecule has 78 valence electrons. The van der Waals surface area contributed by atoms with Gasteiger partial charge in [-0.25, -0.2) is 0 Å². The van der Waals surface area contributed by atoms with Crippen LogP contribution in [0.2, 0.25) is 0 Å². The lowest BCUT2D eigenvalue weighted by molar-refractivity contribution is 0.542. The van der Waals surface area contributed by atoms with Crippen LogP contribution >= 0.6 is 0 Å². The second-order valence-corrected chi connectivity index (χ2v) is 3.88. The molecule has 1 atom stereocenters. The number of nitrogens with zero attached hydrogens (tertiary/aromatic N) is 1. The number of benzene rings is 1. The largest absolute Gasteiger partial charge is 0.374 e. The van der Waals surface area contributed by atoms with Crippen molar-refractivity contribution in [1.82, 2.24) is 5.32 Å². The van der Waals surface area contributed by atoms with Crippen molar-refractivity contribution in [2.45, 2.75) is 6.92 Å². The van der Waals surface area contributed by atoms with Gasteiger partial charge in [-0.3, -0.25) is 0 Å². The highest BCUT2D eigenvalue weighted by atomic mass is 15.1. The summed E-state index contributed by atoms with van der Waals surface area (Å²) in [7, 11) is 4.14. The van der Waals surface area contributed by atoms with Crippen molar-refractivity contribution in [2.75, 3.05) is 32.1 Å². The van der Waals surface area contributed by atoms with Gasteiger partial charge in [0.25, 0.3) is 0 Å². The van der Waals surface area contributed by atoms with Crippen LogP contribution in [0.4, 0.5) is 5.69 Å². The molecule has 0 bridgehead atoms. The number of anilines is 1. The van der Waals surface area contributed by atoms with Crippen LogP contribution in [0.5, 0.6) is 0 Å². The third-order valence-corrected chi connectivity index (χ3v) is 2.34. The van der Waals surface area contributed by atoms with Crippen molar-refractivity contribution in [1.29, 1.82) is 0 Å². The summed E-state index contributed by atoms with van der Waals surface area (Å²) in [6.45, 7) is 4.41. The predicted molar refractivity (Wildman–Crippen MR) is 62.8 cm³/mol. The van der Waals surface area contributed by atoms with Gasteiger partial charge in [0.2, 0.25) is 0 Å². The van der Waals surface area contributed by atoms with E-state index in [0.717, 1.165) is 13.1 Å². The Hall–Kier alpha value is -1.02. The lowest BCUT2D eigenvalue weighted by Crippen LogP contribution is -2.29. The molecule has 0 radical (unpaired) electrons. The predicted octanol–water partition coefficient (Wildman–Crippen LogP) is 1.98. The lowest BCUT2D eigenvalue weighted by Gasteiger charge is -2.23. The Kier molecular flexibility index (Phi) is 4.47. The van der Waals surface area contributed by atoms with Crippen LogP contribution in [-0.2, 0) is 0 Å². The van der Waals surface area contributed by atoms with Gasteiger partial charge in [0.15, 0.2) is 0 Å². The molecule has 0 aromatic heterocycles. The SMILES string of the molecule is CNCC(C)CN(C)c1ccccc1. The minimum atomic E-state index is 0.671. The van der Waals surface area contributed by atoms with E-state index in [-0.39, 0.29) is 0 Å². The topological polar surface area (TPSA) is 15.3 Å². The summed E-state index contributed by atoms with van der Waals surface area (Å²) >= 11 is 0. The van der Waals surface area contributed by atoms with Crippen molar-refractivity contribution in [3.8, 4) is 0 Å². The normalized spacial score (nSPS) is 12.5. The van der Waals surface area contributed by atoms with Crippen LogP contribution in [0.1, 0.15) is 6.92 Å². The highest BCUT2D eigenvalue weighted by Crippen LogP contribution is 2.12. The van der Waals surface area contributed by atoms with E-state index in [1.807, 2.05) is 13.1 Å². The van der Waals surface area contributed by atoms with Crippen molar-refractivity contribution < 1.29 is 0 Å². The first-order valence-corrected chi connectivity index (χ1v) is 5.15. The Morgan fingerprint density at radius 1 is 1.29 bits per heavy atom. The third kappa shape index (κ3) is 3.38. The maximum Gasteiger partial charge on any atom is 0.0363 e. The monoisotopic (exact) mass is 192 g/mol. The first-order chi connectivity index (χ1) is 6.74. The molecule has 0 heterocycles. The molecule has 0 aliphatic carbocycles. The van der Waals surface area contributed by atoms with Gasteiger partial charge in [-0.1, -0.05) is 25.1 Å². The van der Waals surface area contributed by atoms with Crippen molar-refractivity contribution >= 4 is 5.69 Å². The molecule has 0 fully saturated rings. The fraction of sp³-hybridized carbons (Fsp3) is 0.500. The molecule has 0 aliphatic rings. The molecular weight excluding hydrogens is 172 g/mol. The molecule has 0 aliphatic heterocycles. The van der Waals surface area contributed by atoms with Crippen LogP contribution in [-0.4, -0.2) is 27.2 Å². The Balaban J connectivity index is 2.46. The molecule has 1 aromatic rings.